The van der Waals surface area contributed by atoms with Gasteiger partial charge in [0.2, 0.25) is 0 Å². The van der Waals surface area contributed by atoms with Crippen molar-refractivity contribution in [1.82, 2.24) is 0 Å². The van der Waals surface area contributed by atoms with Crippen LogP contribution in [0.2, 0.25) is 0 Å². The van der Waals surface area contributed by atoms with Gasteiger partial charge in [-0.2, -0.15) is 0 Å². The summed E-state index contributed by atoms with van der Waals surface area (Å²) in [6.45, 7) is 0.439. The first-order valence-corrected chi connectivity index (χ1v) is 3.13. The zero-order valence-corrected chi connectivity index (χ0v) is 9.01. The third kappa shape index (κ3) is 2.76. The van der Waals surface area contributed by atoms with Gasteiger partial charge in [0.15, 0.2) is 0 Å². The average Bonchev–Trinajstić information content (AvgIpc) is 2.34. The molecular weight excluding hydrogens is 234 g/mol. The normalized spacial score (nSPS) is 11.2. The Kier molecular flexibility index (Phi) is 7.04. The SMILES string of the molecule is Cl.Cl.Cl.O=C1OCc2ccccc21. The van der Waals surface area contributed by atoms with Crippen molar-refractivity contribution in [3.05, 3.63) is 35.4 Å². The first-order chi connectivity index (χ1) is 4.88. The van der Waals surface area contributed by atoms with Crippen molar-refractivity contribution >= 4 is 43.2 Å². The predicted octanol–water partition coefficient (Wildman–Crippen LogP) is 2.62. The van der Waals surface area contributed by atoms with Gasteiger partial charge in [-0.25, -0.2) is 4.79 Å². The Morgan fingerprint density at radius 2 is 1.69 bits per heavy atom. The third-order valence-corrected chi connectivity index (χ3v) is 1.60. The van der Waals surface area contributed by atoms with Crippen molar-refractivity contribution in [3.63, 3.8) is 0 Å². The second-order valence-electron chi connectivity index (χ2n) is 2.23. The summed E-state index contributed by atoms with van der Waals surface area (Å²) in [5.74, 6) is -0.199. The Hall–Kier alpha value is -0.440. The summed E-state index contributed by atoms with van der Waals surface area (Å²) in [5, 5.41) is 0. The van der Waals surface area contributed by atoms with Gasteiger partial charge >= 0.3 is 5.97 Å². The summed E-state index contributed by atoms with van der Waals surface area (Å²) in [4.78, 5) is 10.8. The van der Waals surface area contributed by atoms with Crippen molar-refractivity contribution in [2.24, 2.45) is 0 Å². The van der Waals surface area contributed by atoms with E-state index in [9.17, 15) is 4.79 Å². The molecule has 0 spiro atoms. The standard InChI is InChI=1S/C8H6O2.3ClH/c9-8-7-4-2-1-3-6(7)5-10-8;;;/h1-4H,5H2;3*1H. The van der Waals surface area contributed by atoms with E-state index in [4.69, 9.17) is 4.74 Å². The van der Waals surface area contributed by atoms with Gasteiger partial charge in [0, 0.05) is 5.56 Å². The Balaban J connectivity index is 0. The minimum absolute atomic E-state index is 0. The van der Waals surface area contributed by atoms with E-state index < -0.39 is 0 Å². The lowest BCUT2D eigenvalue weighted by Crippen LogP contribution is -1.91. The molecule has 0 bridgehead atoms. The van der Waals surface area contributed by atoms with E-state index in [0.29, 0.717) is 12.2 Å². The Morgan fingerprint density at radius 1 is 1.08 bits per heavy atom. The number of benzene rings is 1. The number of carbonyl (C=O) groups excluding carboxylic acids is 1. The molecule has 0 aromatic heterocycles. The molecule has 2 nitrogen and oxygen atoms in total. The van der Waals surface area contributed by atoms with Crippen molar-refractivity contribution < 1.29 is 9.53 Å². The number of rotatable bonds is 0. The lowest BCUT2D eigenvalue weighted by molar-refractivity contribution is 0.0535. The average molecular weight is 244 g/mol. The van der Waals surface area contributed by atoms with Gasteiger partial charge in [-0.05, 0) is 6.07 Å². The van der Waals surface area contributed by atoms with Gasteiger partial charge in [-0.1, -0.05) is 18.2 Å². The fourth-order valence-corrected chi connectivity index (χ4v) is 1.07. The maximum atomic E-state index is 10.8. The summed E-state index contributed by atoms with van der Waals surface area (Å²) in [5.41, 5.74) is 1.70. The zero-order chi connectivity index (χ0) is 6.97. The molecule has 1 aromatic carbocycles. The van der Waals surface area contributed by atoms with Crippen LogP contribution >= 0.6 is 37.2 Å². The highest BCUT2D eigenvalue weighted by Gasteiger charge is 2.18. The Morgan fingerprint density at radius 3 is 2.31 bits per heavy atom. The van der Waals surface area contributed by atoms with Crippen molar-refractivity contribution in [3.8, 4) is 0 Å². The number of halogens is 3. The molecule has 13 heavy (non-hydrogen) atoms. The molecule has 0 amide bonds. The minimum Gasteiger partial charge on any atom is -0.457 e. The first kappa shape index (κ1) is 15.1. The number of ether oxygens (including phenoxy) is 1. The first-order valence-electron chi connectivity index (χ1n) is 3.13. The topological polar surface area (TPSA) is 26.3 Å². The van der Waals surface area contributed by atoms with Gasteiger partial charge < -0.3 is 4.74 Å². The summed E-state index contributed by atoms with van der Waals surface area (Å²) >= 11 is 0. The molecule has 1 aliphatic heterocycles. The van der Waals surface area contributed by atoms with Crippen molar-refractivity contribution in [2.45, 2.75) is 6.61 Å². The summed E-state index contributed by atoms with van der Waals surface area (Å²) < 4.78 is 4.78. The largest absolute Gasteiger partial charge is 0.457 e. The Labute approximate surface area is 94.9 Å². The number of esters is 1. The number of carbonyl (C=O) groups is 1. The van der Waals surface area contributed by atoms with Crippen LogP contribution in [0.25, 0.3) is 0 Å². The molecule has 0 aliphatic carbocycles. The maximum absolute atomic E-state index is 10.8. The number of hydrogen-bond acceptors (Lipinski definition) is 2. The van der Waals surface area contributed by atoms with E-state index in [-0.39, 0.29) is 43.2 Å². The highest BCUT2D eigenvalue weighted by molar-refractivity contribution is 5.93. The summed E-state index contributed by atoms with van der Waals surface area (Å²) in [6, 6.07) is 7.43. The molecule has 1 aliphatic rings. The van der Waals surface area contributed by atoms with Gasteiger partial charge in [0.05, 0.1) is 5.56 Å². The van der Waals surface area contributed by atoms with E-state index >= 15 is 0 Å². The lowest BCUT2D eigenvalue weighted by Gasteiger charge is -1.87. The fraction of sp³-hybridized carbons (Fsp3) is 0.125. The molecule has 0 N–H and O–H groups in total. The Bertz CT molecular complexity index is 288. The van der Waals surface area contributed by atoms with Gasteiger partial charge in [0.1, 0.15) is 6.61 Å². The molecule has 5 heteroatoms. The third-order valence-electron chi connectivity index (χ3n) is 1.60. The van der Waals surface area contributed by atoms with Crippen LogP contribution < -0.4 is 0 Å². The minimum atomic E-state index is -0.199. The highest BCUT2D eigenvalue weighted by atomic mass is 35.5. The second-order valence-corrected chi connectivity index (χ2v) is 2.23. The van der Waals surface area contributed by atoms with E-state index in [0.717, 1.165) is 5.56 Å². The smallest absolute Gasteiger partial charge is 0.338 e. The predicted molar refractivity (Wildman–Crippen MR) is 57.3 cm³/mol. The maximum Gasteiger partial charge on any atom is 0.338 e. The fourth-order valence-electron chi connectivity index (χ4n) is 1.07. The van der Waals surface area contributed by atoms with Crippen molar-refractivity contribution in [1.29, 1.82) is 0 Å². The molecule has 74 valence electrons. The molecule has 0 unspecified atom stereocenters. The molecule has 0 saturated carbocycles. The molecule has 2 rings (SSSR count). The van der Waals surface area contributed by atoms with Crippen LogP contribution in [0.5, 0.6) is 0 Å². The quantitative estimate of drug-likeness (QED) is 0.655. The zero-order valence-electron chi connectivity index (χ0n) is 6.56. The summed E-state index contributed by atoms with van der Waals surface area (Å²) in [6.07, 6.45) is 0. The van der Waals surface area contributed by atoms with Crippen LogP contribution in [0.4, 0.5) is 0 Å². The second kappa shape index (κ2) is 6.08. The monoisotopic (exact) mass is 242 g/mol. The molecule has 1 heterocycles. The van der Waals surface area contributed by atoms with Crippen LogP contribution in [0, 0.1) is 0 Å². The van der Waals surface area contributed by atoms with Crippen LogP contribution in [-0.2, 0) is 11.3 Å². The van der Waals surface area contributed by atoms with Crippen LogP contribution in [0.1, 0.15) is 15.9 Å². The van der Waals surface area contributed by atoms with E-state index in [2.05, 4.69) is 0 Å². The van der Waals surface area contributed by atoms with E-state index in [1.165, 1.54) is 0 Å². The molecule has 1 aromatic rings. The number of cyclic esters (lactones) is 1. The van der Waals surface area contributed by atoms with Gasteiger partial charge in [-0.3, -0.25) is 0 Å². The molecular formula is C8H9Cl3O2. The molecule has 0 radical (unpaired) electrons. The lowest BCUT2D eigenvalue weighted by atomic mass is 10.1. The number of hydrogen-bond donors (Lipinski definition) is 0. The molecule has 0 fully saturated rings. The molecule has 0 saturated heterocycles. The highest BCUT2D eigenvalue weighted by Crippen LogP contribution is 2.17. The van der Waals surface area contributed by atoms with Gasteiger partial charge in [0.25, 0.3) is 0 Å². The molecule has 0 atom stereocenters. The van der Waals surface area contributed by atoms with Crippen LogP contribution in [0.15, 0.2) is 24.3 Å². The van der Waals surface area contributed by atoms with E-state index in [1.807, 2.05) is 18.2 Å². The number of fused-ring (bicyclic) bond motifs is 1. The van der Waals surface area contributed by atoms with Crippen LogP contribution in [0.3, 0.4) is 0 Å². The summed E-state index contributed by atoms with van der Waals surface area (Å²) in [7, 11) is 0. The van der Waals surface area contributed by atoms with Gasteiger partial charge in [-0.15, -0.1) is 37.2 Å². The van der Waals surface area contributed by atoms with Crippen LogP contribution in [-0.4, -0.2) is 5.97 Å². The van der Waals surface area contributed by atoms with Crippen molar-refractivity contribution in [2.75, 3.05) is 0 Å². The van der Waals surface area contributed by atoms with E-state index in [1.54, 1.807) is 6.07 Å².